The molecule has 3 aromatic rings. The average Bonchev–Trinajstić information content (AvgIpc) is 3.90. The lowest BCUT2D eigenvalue weighted by Gasteiger charge is -2.30. The Labute approximate surface area is 258 Å². The van der Waals surface area contributed by atoms with Crippen molar-refractivity contribution in [2.24, 2.45) is 22.1 Å². The van der Waals surface area contributed by atoms with Gasteiger partial charge in [0.05, 0.1) is 22.2 Å². The monoisotopic (exact) mass is 659 g/mol. The molecular weight excluding hydrogens is 629 g/mol. The van der Waals surface area contributed by atoms with E-state index in [4.69, 9.17) is 5.53 Å². The number of pyridine rings is 1. The minimum Gasteiger partial charge on any atom is -0.356 e. The molecule has 16 heteroatoms. The molecule has 0 bridgehead atoms. The number of alkyl halides is 9. The molecule has 2 aliphatic rings. The van der Waals surface area contributed by atoms with E-state index in [1.165, 1.54) is 30.1 Å². The van der Waals surface area contributed by atoms with Crippen LogP contribution in [0.3, 0.4) is 0 Å². The van der Waals surface area contributed by atoms with Crippen LogP contribution in [0.5, 0.6) is 0 Å². The van der Waals surface area contributed by atoms with Crippen molar-refractivity contribution in [2.75, 3.05) is 25.0 Å². The number of benzene rings is 2. The summed E-state index contributed by atoms with van der Waals surface area (Å²) in [5, 5.41) is 7.38. The lowest BCUT2D eigenvalue weighted by Crippen LogP contribution is -2.34. The zero-order chi connectivity index (χ0) is 33.4. The number of aromatic nitrogens is 1. The van der Waals surface area contributed by atoms with Crippen molar-refractivity contribution in [3.63, 3.8) is 0 Å². The maximum absolute atomic E-state index is 14.0. The van der Waals surface area contributed by atoms with Crippen molar-refractivity contribution in [3.8, 4) is 0 Å². The molecule has 5 rings (SSSR count). The summed E-state index contributed by atoms with van der Waals surface area (Å²) in [4.78, 5) is 7.65. The number of nitrogens with one attached hydrogen (secondary N) is 2. The van der Waals surface area contributed by atoms with E-state index in [1.807, 2.05) is 4.90 Å². The van der Waals surface area contributed by atoms with Gasteiger partial charge in [0, 0.05) is 44.2 Å². The summed E-state index contributed by atoms with van der Waals surface area (Å²) in [5.74, 6) is 0.475. The van der Waals surface area contributed by atoms with Gasteiger partial charge in [0.15, 0.2) is 0 Å². The maximum atomic E-state index is 14.0. The number of nitrogens with zero attached hydrogens (tertiary/aromatic N) is 5. The molecule has 0 radical (unpaired) electrons. The second kappa shape index (κ2) is 12.6. The molecule has 0 atom stereocenters. The second-order valence-corrected chi connectivity index (χ2v) is 11.7. The van der Waals surface area contributed by atoms with Crippen LogP contribution >= 0.6 is 0 Å². The van der Waals surface area contributed by atoms with Crippen molar-refractivity contribution < 1.29 is 39.5 Å². The van der Waals surface area contributed by atoms with Gasteiger partial charge in [-0.15, -0.1) is 10.2 Å². The van der Waals surface area contributed by atoms with Gasteiger partial charge in [0.2, 0.25) is 0 Å². The van der Waals surface area contributed by atoms with Crippen molar-refractivity contribution >= 4 is 22.7 Å². The highest BCUT2D eigenvalue weighted by Crippen LogP contribution is 2.40. The Kier molecular flexibility index (Phi) is 9.10. The Hall–Kier alpha value is -4.11. The van der Waals surface area contributed by atoms with Crippen LogP contribution in [0, 0.1) is 17.4 Å². The highest BCUT2D eigenvalue weighted by atomic mass is 19.4. The van der Waals surface area contributed by atoms with Gasteiger partial charge in [-0.05, 0) is 73.4 Å². The molecule has 2 saturated carbocycles. The molecule has 0 aliphatic heterocycles. The van der Waals surface area contributed by atoms with Gasteiger partial charge in [-0.3, -0.25) is 0 Å². The predicted molar refractivity (Wildman–Crippen MR) is 152 cm³/mol. The minimum absolute atomic E-state index is 0.0164. The molecule has 2 fully saturated rings. The van der Waals surface area contributed by atoms with Gasteiger partial charge in [-0.1, -0.05) is 12.1 Å². The first kappa shape index (κ1) is 33.3. The number of hydrogen-bond acceptors (Lipinski definition) is 5. The van der Waals surface area contributed by atoms with Crippen molar-refractivity contribution in [1.82, 2.24) is 15.3 Å². The van der Waals surface area contributed by atoms with Crippen LogP contribution in [0.4, 0.5) is 45.3 Å². The summed E-state index contributed by atoms with van der Waals surface area (Å²) < 4.78 is 124. The van der Waals surface area contributed by atoms with Crippen LogP contribution in [0.15, 0.2) is 52.7 Å². The molecule has 2 aromatic carbocycles. The summed E-state index contributed by atoms with van der Waals surface area (Å²) in [6.45, 7) is 0.167. The molecule has 1 aromatic heterocycles. The van der Waals surface area contributed by atoms with Crippen LogP contribution in [-0.2, 0) is 31.6 Å². The number of hydrazone groups is 1. The fourth-order valence-electron chi connectivity index (χ4n) is 5.32. The van der Waals surface area contributed by atoms with Gasteiger partial charge in [-0.25, -0.2) is 10.5 Å². The lowest BCUT2D eigenvalue weighted by atomic mass is 10.0. The van der Waals surface area contributed by atoms with E-state index < -0.39 is 47.3 Å². The first-order valence-electron chi connectivity index (χ1n) is 14.5. The fourth-order valence-corrected chi connectivity index (χ4v) is 5.32. The summed E-state index contributed by atoms with van der Waals surface area (Å²) in [7, 11) is 1.37. The van der Waals surface area contributed by atoms with E-state index in [9.17, 15) is 39.5 Å². The fraction of sp³-hybridized carbons (Fsp3) is 0.467. The Bertz CT molecular complexity index is 1560. The standard InChI is InChI=1S/C30H30F9N7/c1-41-44-27(43-40)46(15-19-9-22(28(31,32)33)12-23(10-19)29(34,35)36)16-21-11-20-3-2-4-24(30(37,38)39)25(20)42-26(21)45(13-17-5-6-17)14-18-7-8-18/h2-4,9-12,17-18,40-41H,5-8,13-16H2,1H3/b43-40?,44-27+. The zero-order valence-electron chi connectivity index (χ0n) is 24.5. The maximum Gasteiger partial charge on any atom is 0.418 e. The first-order valence-corrected chi connectivity index (χ1v) is 14.5. The number of halogens is 9. The van der Waals surface area contributed by atoms with Crippen LogP contribution < -0.4 is 10.3 Å². The Morgan fingerprint density at radius 1 is 0.848 bits per heavy atom. The summed E-state index contributed by atoms with van der Waals surface area (Å²) in [5.41, 5.74) is 5.82. The second-order valence-electron chi connectivity index (χ2n) is 11.7. The first-order chi connectivity index (χ1) is 21.6. The largest absolute Gasteiger partial charge is 0.418 e. The van der Waals surface area contributed by atoms with Gasteiger partial charge in [0.25, 0.3) is 5.96 Å². The molecule has 248 valence electrons. The molecule has 0 saturated heterocycles. The number of hydrogen-bond donors (Lipinski definition) is 2. The zero-order valence-corrected chi connectivity index (χ0v) is 24.5. The van der Waals surface area contributed by atoms with E-state index >= 15 is 0 Å². The van der Waals surface area contributed by atoms with E-state index in [2.05, 4.69) is 20.6 Å². The van der Waals surface area contributed by atoms with Crippen molar-refractivity contribution in [2.45, 2.75) is 57.3 Å². The Morgan fingerprint density at radius 2 is 1.43 bits per heavy atom. The summed E-state index contributed by atoms with van der Waals surface area (Å²) in [6.07, 6.45) is -11.1. The average molecular weight is 660 g/mol. The van der Waals surface area contributed by atoms with Crippen LogP contribution in [0.1, 0.15) is 53.5 Å². The molecule has 7 nitrogen and oxygen atoms in total. The van der Waals surface area contributed by atoms with E-state index in [0.29, 0.717) is 42.6 Å². The lowest BCUT2D eigenvalue weighted by molar-refractivity contribution is -0.143. The molecule has 2 aliphatic carbocycles. The Morgan fingerprint density at radius 3 is 1.91 bits per heavy atom. The molecule has 0 spiro atoms. The molecule has 0 amide bonds. The molecule has 2 N–H and O–H groups in total. The van der Waals surface area contributed by atoms with E-state index in [0.717, 1.165) is 31.7 Å². The van der Waals surface area contributed by atoms with Crippen LogP contribution in [-0.4, -0.2) is 36.0 Å². The SMILES string of the molecule is CN/N=C(\N=N)N(Cc1cc(C(F)(F)F)cc(C(F)(F)F)c1)Cc1cc2cccc(C(F)(F)F)c2nc1N(CC1CC1)CC1CC1. The number of para-hydroxylation sites is 1. The third-order valence-corrected chi connectivity index (χ3v) is 7.83. The smallest absolute Gasteiger partial charge is 0.356 e. The number of anilines is 1. The van der Waals surface area contributed by atoms with Gasteiger partial charge < -0.3 is 15.2 Å². The Balaban J connectivity index is 1.64. The third-order valence-electron chi connectivity index (χ3n) is 7.83. The minimum atomic E-state index is -5.08. The highest BCUT2D eigenvalue weighted by molar-refractivity contribution is 5.86. The molecule has 0 unspecified atom stereocenters. The molecular formula is C30H30F9N7. The van der Waals surface area contributed by atoms with Crippen LogP contribution in [0.25, 0.3) is 10.9 Å². The van der Waals surface area contributed by atoms with Crippen LogP contribution in [0.2, 0.25) is 0 Å². The summed E-state index contributed by atoms with van der Waals surface area (Å²) >= 11 is 0. The van der Waals surface area contributed by atoms with E-state index in [1.54, 1.807) is 0 Å². The van der Waals surface area contributed by atoms with Crippen molar-refractivity contribution in [3.05, 3.63) is 70.3 Å². The number of guanidine groups is 1. The summed E-state index contributed by atoms with van der Waals surface area (Å²) in [6, 6.07) is 6.26. The normalized spacial score (nSPS) is 16.1. The highest BCUT2D eigenvalue weighted by Gasteiger charge is 2.38. The van der Waals surface area contributed by atoms with Gasteiger partial charge in [-0.2, -0.15) is 39.5 Å². The van der Waals surface area contributed by atoms with E-state index in [-0.39, 0.29) is 35.3 Å². The molecule has 1 heterocycles. The van der Waals surface area contributed by atoms with Gasteiger partial charge >= 0.3 is 18.5 Å². The van der Waals surface area contributed by atoms with Gasteiger partial charge in [0.1, 0.15) is 5.82 Å². The third kappa shape index (κ3) is 7.99. The quantitative estimate of drug-likeness (QED) is 0.0753. The van der Waals surface area contributed by atoms with Crippen molar-refractivity contribution in [1.29, 1.82) is 5.53 Å². The topological polar surface area (TPSA) is 80.0 Å². The number of fused-ring (bicyclic) bond motifs is 1. The molecule has 46 heavy (non-hydrogen) atoms. The number of rotatable bonds is 10. The predicted octanol–water partition coefficient (Wildman–Crippen LogP) is 8.44.